The molecule has 0 bridgehead atoms. The van der Waals surface area contributed by atoms with Gasteiger partial charge in [0.15, 0.2) is 0 Å². The van der Waals surface area contributed by atoms with Gasteiger partial charge in [-0.05, 0) is 31.7 Å². The van der Waals surface area contributed by atoms with Gasteiger partial charge in [-0.25, -0.2) is 0 Å². The van der Waals surface area contributed by atoms with Gasteiger partial charge in [-0.3, -0.25) is 0 Å². The van der Waals surface area contributed by atoms with Crippen LogP contribution in [-0.4, -0.2) is 35.0 Å². The highest BCUT2D eigenvalue weighted by Gasteiger charge is 2.15. The Morgan fingerprint density at radius 2 is 1.94 bits per heavy atom. The normalized spacial score (nSPS) is 12.2. The third kappa shape index (κ3) is 3.61. The van der Waals surface area contributed by atoms with Gasteiger partial charge in [-0.2, -0.15) is 0 Å². The van der Waals surface area contributed by atoms with Crippen LogP contribution in [0.25, 0.3) is 0 Å². The number of nitrogens with one attached hydrogen (secondary N) is 1. The van der Waals surface area contributed by atoms with Gasteiger partial charge >= 0.3 is 0 Å². The van der Waals surface area contributed by atoms with Crippen LogP contribution in [0.15, 0.2) is 18.2 Å². The molecular formula is C13H21NO3. The van der Waals surface area contributed by atoms with Crippen molar-refractivity contribution in [1.29, 1.82) is 0 Å². The highest BCUT2D eigenvalue weighted by Crippen LogP contribution is 2.30. The molecule has 0 spiro atoms. The lowest BCUT2D eigenvalue weighted by atomic mass is 10.0. The molecule has 0 radical (unpaired) electrons. The number of benzene rings is 1. The second-order valence-electron chi connectivity index (χ2n) is 3.73. The zero-order valence-electron chi connectivity index (χ0n) is 10.9. The van der Waals surface area contributed by atoms with Crippen LogP contribution in [0.1, 0.15) is 18.0 Å². The van der Waals surface area contributed by atoms with Crippen LogP contribution in [0.4, 0.5) is 0 Å². The monoisotopic (exact) mass is 239 g/mol. The molecule has 4 heteroatoms. The third-order valence-electron chi connectivity index (χ3n) is 2.77. The van der Waals surface area contributed by atoms with Crippen molar-refractivity contribution >= 4 is 0 Å². The van der Waals surface area contributed by atoms with E-state index in [1.165, 1.54) is 0 Å². The standard InChI is InChI=1S/C13H21NO3/c1-14-12(7-8-15-2)11-9-10(16-3)5-6-13(11)17-4/h5-6,9,12,14H,7-8H2,1-4H3. The Morgan fingerprint density at radius 1 is 1.18 bits per heavy atom. The fraction of sp³-hybridized carbons (Fsp3) is 0.538. The Balaban J connectivity index is 2.97. The summed E-state index contributed by atoms with van der Waals surface area (Å²) in [5.74, 6) is 1.69. The molecule has 1 unspecified atom stereocenters. The Bertz CT molecular complexity index is 341. The molecule has 0 aliphatic rings. The number of ether oxygens (including phenoxy) is 3. The molecule has 0 aliphatic carbocycles. The lowest BCUT2D eigenvalue weighted by molar-refractivity contribution is 0.183. The van der Waals surface area contributed by atoms with E-state index >= 15 is 0 Å². The SMILES string of the molecule is CNC(CCOC)c1cc(OC)ccc1OC. The summed E-state index contributed by atoms with van der Waals surface area (Å²) < 4.78 is 15.7. The number of rotatable bonds is 7. The summed E-state index contributed by atoms with van der Waals surface area (Å²) in [6, 6.07) is 6.01. The third-order valence-corrected chi connectivity index (χ3v) is 2.77. The molecular weight excluding hydrogens is 218 g/mol. The zero-order valence-corrected chi connectivity index (χ0v) is 10.9. The van der Waals surface area contributed by atoms with Crippen LogP contribution in [0, 0.1) is 0 Å². The van der Waals surface area contributed by atoms with Crippen LogP contribution in [0.2, 0.25) is 0 Å². The molecule has 4 nitrogen and oxygen atoms in total. The van der Waals surface area contributed by atoms with E-state index in [9.17, 15) is 0 Å². The van der Waals surface area contributed by atoms with Crippen molar-refractivity contribution < 1.29 is 14.2 Å². The molecule has 0 heterocycles. The van der Waals surface area contributed by atoms with E-state index in [4.69, 9.17) is 14.2 Å². The molecule has 0 saturated heterocycles. The summed E-state index contributed by atoms with van der Waals surface area (Å²) in [7, 11) is 6.97. The maximum absolute atomic E-state index is 5.37. The second-order valence-corrected chi connectivity index (χ2v) is 3.73. The fourth-order valence-corrected chi connectivity index (χ4v) is 1.80. The first-order valence-electron chi connectivity index (χ1n) is 5.65. The highest BCUT2D eigenvalue weighted by molar-refractivity contribution is 5.42. The number of hydrogen-bond acceptors (Lipinski definition) is 4. The van der Waals surface area contributed by atoms with Gasteiger partial charge in [-0.15, -0.1) is 0 Å². The predicted molar refractivity (Wildman–Crippen MR) is 67.8 cm³/mol. The summed E-state index contributed by atoms with van der Waals surface area (Å²) in [5.41, 5.74) is 1.09. The van der Waals surface area contributed by atoms with Crippen LogP contribution in [-0.2, 0) is 4.74 Å². The van der Waals surface area contributed by atoms with Crippen molar-refractivity contribution in [2.45, 2.75) is 12.5 Å². The zero-order chi connectivity index (χ0) is 12.7. The average molecular weight is 239 g/mol. The van der Waals surface area contributed by atoms with Crippen molar-refractivity contribution in [2.24, 2.45) is 0 Å². The fourth-order valence-electron chi connectivity index (χ4n) is 1.80. The van der Waals surface area contributed by atoms with Gasteiger partial charge in [0.25, 0.3) is 0 Å². The maximum Gasteiger partial charge on any atom is 0.123 e. The van der Waals surface area contributed by atoms with E-state index in [1.54, 1.807) is 21.3 Å². The second kappa shape index (κ2) is 7.14. The quantitative estimate of drug-likeness (QED) is 0.790. The minimum atomic E-state index is 0.194. The predicted octanol–water partition coefficient (Wildman–Crippen LogP) is 2.00. The largest absolute Gasteiger partial charge is 0.497 e. The maximum atomic E-state index is 5.37. The minimum absolute atomic E-state index is 0.194. The van der Waals surface area contributed by atoms with Crippen LogP contribution in [0.5, 0.6) is 11.5 Å². The van der Waals surface area contributed by atoms with E-state index in [-0.39, 0.29) is 6.04 Å². The van der Waals surface area contributed by atoms with Gasteiger partial charge in [-0.1, -0.05) is 0 Å². The van der Waals surface area contributed by atoms with Crippen molar-refractivity contribution in [3.63, 3.8) is 0 Å². The van der Waals surface area contributed by atoms with Gasteiger partial charge in [0.1, 0.15) is 11.5 Å². The summed E-state index contributed by atoms with van der Waals surface area (Å²) in [5, 5.41) is 3.26. The van der Waals surface area contributed by atoms with Crippen LogP contribution < -0.4 is 14.8 Å². The van der Waals surface area contributed by atoms with Gasteiger partial charge in [0.05, 0.1) is 14.2 Å². The van der Waals surface area contributed by atoms with Gasteiger partial charge < -0.3 is 19.5 Å². The number of methoxy groups -OCH3 is 3. The summed E-state index contributed by atoms with van der Waals surface area (Å²) in [4.78, 5) is 0. The molecule has 0 aromatic heterocycles. The molecule has 0 fully saturated rings. The molecule has 1 aromatic rings. The molecule has 0 saturated carbocycles. The van der Waals surface area contributed by atoms with Gasteiger partial charge in [0.2, 0.25) is 0 Å². The molecule has 96 valence electrons. The Kier molecular flexibility index (Phi) is 5.80. The summed E-state index contributed by atoms with van der Waals surface area (Å²) in [6.07, 6.45) is 0.885. The Labute approximate surface area is 103 Å². The lowest BCUT2D eigenvalue weighted by Crippen LogP contribution is -2.19. The van der Waals surface area contributed by atoms with Crippen LogP contribution in [0.3, 0.4) is 0 Å². The molecule has 1 atom stereocenters. The van der Waals surface area contributed by atoms with E-state index in [0.29, 0.717) is 6.61 Å². The minimum Gasteiger partial charge on any atom is -0.497 e. The lowest BCUT2D eigenvalue weighted by Gasteiger charge is -2.19. The number of hydrogen-bond donors (Lipinski definition) is 1. The molecule has 1 N–H and O–H groups in total. The van der Waals surface area contributed by atoms with E-state index in [2.05, 4.69) is 5.32 Å². The highest BCUT2D eigenvalue weighted by atomic mass is 16.5. The average Bonchev–Trinajstić information content (AvgIpc) is 2.39. The van der Waals surface area contributed by atoms with Crippen molar-refractivity contribution in [3.8, 4) is 11.5 Å². The summed E-state index contributed by atoms with van der Waals surface area (Å²) in [6.45, 7) is 0.700. The van der Waals surface area contributed by atoms with Gasteiger partial charge in [0, 0.05) is 25.3 Å². The molecule has 0 aliphatic heterocycles. The molecule has 1 rings (SSSR count). The van der Waals surface area contributed by atoms with E-state index in [1.807, 2.05) is 25.2 Å². The molecule has 1 aromatic carbocycles. The Morgan fingerprint density at radius 3 is 2.47 bits per heavy atom. The Hall–Kier alpha value is -1.26. The van der Waals surface area contributed by atoms with E-state index < -0.39 is 0 Å². The first kappa shape index (κ1) is 13.8. The van der Waals surface area contributed by atoms with Crippen molar-refractivity contribution in [1.82, 2.24) is 5.32 Å². The van der Waals surface area contributed by atoms with Crippen molar-refractivity contribution in [2.75, 3.05) is 35.0 Å². The smallest absolute Gasteiger partial charge is 0.123 e. The van der Waals surface area contributed by atoms with Crippen molar-refractivity contribution in [3.05, 3.63) is 23.8 Å². The summed E-state index contributed by atoms with van der Waals surface area (Å²) >= 11 is 0. The first-order valence-corrected chi connectivity index (χ1v) is 5.65. The van der Waals surface area contributed by atoms with E-state index in [0.717, 1.165) is 23.5 Å². The molecule has 0 amide bonds. The first-order chi connectivity index (χ1) is 8.26. The van der Waals surface area contributed by atoms with Crippen LogP contribution >= 0.6 is 0 Å². The molecule has 17 heavy (non-hydrogen) atoms. The topological polar surface area (TPSA) is 39.7 Å².